The number of thiazole rings is 1. The summed E-state index contributed by atoms with van der Waals surface area (Å²) in [6, 6.07) is 5.54. The minimum absolute atomic E-state index is 0.0698. The number of hydrogen-bond donors (Lipinski definition) is 2. The fourth-order valence-corrected chi connectivity index (χ4v) is 2.97. The maximum atomic E-state index is 12.8. The van der Waals surface area contributed by atoms with Gasteiger partial charge in [-0.15, -0.1) is 11.3 Å². The number of nitrogens with zero attached hydrogens (tertiary/aromatic N) is 1. The molecule has 0 atom stereocenters. The summed E-state index contributed by atoms with van der Waals surface area (Å²) in [7, 11) is 0. The topological polar surface area (TPSA) is 71.1 Å². The molecule has 2 N–H and O–H groups in total. The van der Waals surface area contributed by atoms with Crippen molar-refractivity contribution in [2.75, 3.05) is 11.9 Å². The Morgan fingerprint density at radius 3 is 2.54 bits per heavy atom. The van der Waals surface area contributed by atoms with Crippen molar-refractivity contribution >= 4 is 28.8 Å². The first-order valence-corrected chi connectivity index (χ1v) is 8.46. The Morgan fingerprint density at radius 2 is 1.92 bits per heavy atom. The fraction of sp³-hybridized carbons (Fsp3) is 0.353. The van der Waals surface area contributed by atoms with Crippen molar-refractivity contribution in [1.29, 1.82) is 0 Å². The van der Waals surface area contributed by atoms with E-state index in [2.05, 4.69) is 15.6 Å². The normalized spacial score (nSPS) is 10.7. The van der Waals surface area contributed by atoms with Crippen LogP contribution in [-0.4, -0.2) is 23.3 Å². The molecule has 1 aromatic carbocycles. The first-order chi connectivity index (χ1) is 11.3. The average molecular weight is 349 g/mol. The summed E-state index contributed by atoms with van der Waals surface area (Å²) in [5, 5.41) is 6.09. The van der Waals surface area contributed by atoms with Crippen molar-refractivity contribution in [2.45, 2.75) is 27.2 Å². The monoisotopic (exact) mass is 349 g/mol. The summed E-state index contributed by atoms with van der Waals surface area (Å²) >= 11 is 1.22. The Morgan fingerprint density at radius 1 is 1.25 bits per heavy atom. The van der Waals surface area contributed by atoms with E-state index in [0.717, 1.165) is 0 Å². The largest absolute Gasteiger partial charge is 0.351 e. The highest BCUT2D eigenvalue weighted by Gasteiger charge is 2.17. The minimum Gasteiger partial charge on any atom is -0.351 e. The lowest BCUT2D eigenvalue weighted by molar-refractivity contribution is -0.115. The number of aromatic nitrogens is 1. The molecular weight excluding hydrogens is 329 g/mol. The van der Waals surface area contributed by atoms with E-state index in [1.54, 1.807) is 6.92 Å². The van der Waals surface area contributed by atoms with Gasteiger partial charge in [-0.3, -0.25) is 9.59 Å². The first-order valence-electron chi connectivity index (χ1n) is 7.65. The van der Waals surface area contributed by atoms with Gasteiger partial charge >= 0.3 is 0 Å². The van der Waals surface area contributed by atoms with Gasteiger partial charge in [0.15, 0.2) is 0 Å². The van der Waals surface area contributed by atoms with E-state index >= 15 is 0 Å². The van der Waals surface area contributed by atoms with Gasteiger partial charge in [-0.25, -0.2) is 9.37 Å². The Balaban J connectivity index is 1.97. The summed E-state index contributed by atoms with van der Waals surface area (Å²) in [6.07, 6.45) is 0.0698. The van der Waals surface area contributed by atoms with Gasteiger partial charge in [0.25, 0.3) is 5.91 Å². The molecule has 0 saturated carbocycles. The third kappa shape index (κ3) is 5.13. The van der Waals surface area contributed by atoms with Gasteiger partial charge < -0.3 is 10.6 Å². The third-order valence-electron chi connectivity index (χ3n) is 3.16. The van der Waals surface area contributed by atoms with Crippen molar-refractivity contribution in [3.63, 3.8) is 0 Å². The van der Waals surface area contributed by atoms with Gasteiger partial charge in [-0.05, 0) is 37.1 Å². The minimum atomic E-state index is -0.361. The van der Waals surface area contributed by atoms with E-state index in [9.17, 15) is 14.0 Å². The van der Waals surface area contributed by atoms with Crippen LogP contribution >= 0.6 is 11.3 Å². The predicted molar refractivity (Wildman–Crippen MR) is 92.8 cm³/mol. The van der Waals surface area contributed by atoms with Crippen LogP contribution in [-0.2, 0) is 11.2 Å². The van der Waals surface area contributed by atoms with Crippen LogP contribution in [0.3, 0.4) is 0 Å². The highest BCUT2D eigenvalue weighted by molar-refractivity contribution is 7.13. The number of halogens is 1. The van der Waals surface area contributed by atoms with Crippen LogP contribution < -0.4 is 10.6 Å². The molecule has 128 valence electrons. The van der Waals surface area contributed by atoms with Gasteiger partial charge in [0.1, 0.15) is 15.7 Å². The lowest BCUT2D eigenvalue weighted by atomic mass is 10.2. The van der Waals surface area contributed by atoms with Crippen molar-refractivity contribution in [3.05, 3.63) is 45.7 Å². The predicted octanol–water partition coefficient (Wildman–Crippen LogP) is 3.16. The van der Waals surface area contributed by atoms with Gasteiger partial charge in [0, 0.05) is 12.2 Å². The second-order valence-corrected chi connectivity index (χ2v) is 6.94. The van der Waals surface area contributed by atoms with E-state index in [0.29, 0.717) is 33.7 Å². The summed E-state index contributed by atoms with van der Waals surface area (Å²) in [5.41, 5.74) is 1.13. The Hall–Kier alpha value is -2.28. The molecule has 1 heterocycles. The van der Waals surface area contributed by atoms with E-state index in [4.69, 9.17) is 0 Å². The summed E-state index contributed by atoms with van der Waals surface area (Å²) in [6.45, 7) is 6.38. The van der Waals surface area contributed by atoms with E-state index < -0.39 is 0 Å². The summed E-state index contributed by atoms with van der Waals surface area (Å²) in [5.74, 6) is -0.419. The molecule has 2 amide bonds. The molecule has 0 saturated heterocycles. The highest BCUT2D eigenvalue weighted by Crippen LogP contribution is 2.19. The van der Waals surface area contributed by atoms with Gasteiger partial charge in [-0.1, -0.05) is 13.8 Å². The van der Waals surface area contributed by atoms with E-state index in [1.807, 2.05) is 13.8 Å². The molecule has 0 spiro atoms. The molecule has 0 radical (unpaired) electrons. The number of carbonyl (C=O) groups excluding carboxylic acids is 2. The Bertz CT molecular complexity index is 726. The van der Waals surface area contributed by atoms with Crippen LogP contribution in [0.25, 0.3) is 0 Å². The van der Waals surface area contributed by atoms with Crippen LogP contribution in [0.4, 0.5) is 10.1 Å². The van der Waals surface area contributed by atoms with Crippen LogP contribution in [0.2, 0.25) is 0 Å². The molecule has 7 heteroatoms. The zero-order chi connectivity index (χ0) is 17.7. The lowest BCUT2D eigenvalue weighted by Crippen LogP contribution is -2.27. The summed E-state index contributed by atoms with van der Waals surface area (Å²) < 4.78 is 12.8. The average Bonchev–Trinajstić information content (AvgIpc) is 2.87. The Labute approximate surface area is 144 Å². The maximum absolute atomic E-state index is 12.8. The van der Waals surface area contributed by atoms with Crippen molar-refractivity contribution in [2.24, 2.45) is 5.92 Å². The lowest BCUT2D eigenvalue weighted by Gasteiger charge is -2.06. The van der Waals surface area contributed by atoms with E-state index in [-0.39, 0.29) is 24.1 Å². The van der Waals surface area contributed by atoms with Gasteiger partial charge in [0.05, 0.1) is 12.1 Å². The molecule has 0 fully saturated rings. The quantitative estimate of drug-likeness (QED) is 0.841. The number of amides is 2. The molecule has 5 nitrogen and oxygen atoms in total. The molecule has 2 aromatic rings. The molecule has 2 rings (SSSR count). The number of benzene rings is 1. The number of anilines is 1. The molecule has 24 heavy (non-hydrogen) atoms. The smallest absolute Gasteiger partial charge is 0.263 e. The van der Waals surface area contributed by atoms with Crippen molar-refractivity contribution < 1.29 is 14.0 Å². The number of carbonyl (C=O) groups is 2. The van der Waals surface area contributed by atoms with Gasteiger partial charge in [-0.2, -0.15) is 0 Å². The van der Waals surface area contributed by atoms with Crippen LogP contribution in [0, 0.1) is 18.7 Å². The molecular formula is C17H20FN3O2S. The van der Waals surface area contributed by atoms with Crippen LogP contribution in [0.1, 0.15) is 34.2 Å². The number of hydrogen-bond acceptors (Lipinski definition) is 4. The SMILES string of the molecule is Cc1nc(CC(=O)Nc2ccc(F)cc2)sc1C(=O)NCC(C)C. The van der Waals surface area contributed by atoms with Gasteiger partial charge in [0.2, 0.25) is 5.91 Å². The molecule has 0 unspecified atom stereocenters. The van der Waals surface area contributed by atoms with Crippen LogP contribution in [0.5, 0.6) is 0 Å². The maximum Gasteiger partial charge on any atom is 0.263 e. The molecule has 0 aliphatic carbocycles. The van der Waals surface area contributed by atoms with Crippen molar-refractivity contribution in [3.8, 4) is 0 Å². The molecule has 0 aliphatic heterocycles. The number of aryl methyl sites for hydroxylation is 1. The molecule has 1 aromatic heterocycles. The van der Waals surface area contributed by atoms with E-state index in [1.165, 1.54) is 35.6 Å². The first kappa shape index (κ1) is 18.1. The second-order valence-electron chi connectivity index (χ2n) is 5.86. The standard InChI is InChI=1S/C17H20FN3O2S/c1-10(2)9-19-17(23)16-11(3)20-15(24-16)8-14(22)21-13-6-4-12(18)5-7-13/h4-7,10H,8-9H2,1-3H3,(H,19,23)(H,21,22). The molecule has 0 aliphatic rings. The van der Waals surface area contributed by atoms with Crippen LogP contribution in [0.15, 0.2) is 24.3 Å². The zero-order valence-electron chi connectivity index (χ0n) is 13.9. The zero-order valence-corrected chi connectivity index (χ0v) is 14.7. The fourth-order valence-electron chi connectivity index (χ4n) is 1.99. The number of rotatable bonds is 6. The second kappa shape index (κ2) is 8.01. The third-order valence-corrected chi connectivity index (χ3v) is 4.31. The highest BCUT2D eigenvalue weighted by atomic mass is 32.1. The Kier molecular flexibility index (Phi) is 6.03. The van der Waals surface area contributed by atoms with Crippen molar-refractivity contribution in [1.82, 2.24) is 10.3 Å². The molecule has 0 bridgehead atoms. The summed E-state index contributed by atoms with van der Waals surface area (Å²) in [4.78, 5) is 29.0. The number of nitrogens with one attached hydrogen (secondary N) is 2.